The Bertz CT molecular complexity index is 605. The van der Waals surface area contributed by atoms with Crippen LogP contribution in [0, 0.1) is 0 Å². The molecule has 6 heteroatoms. The van der Waals surface area contributed by atoms with E-state index >= 15 is 0 Å². The monoisotopic (exact) mass is 430 g/mol. The van der Waals surface area contributed by atoms with Crippen LogP contribution in [0.1, 0.15) is 43.0 Å². The van der Waals surface area contributed by atoms with E-state index in [1.165, 1.54) is 5.56 Å². The normalized spacial score (nSPS) is 11.4. The second-order valence-corrected chi connectivity index (χ2v) is 6.10. The second kappa shape index (κ2) is 9.09. The number of hydrogen-bond donors (Lipinski definition) is 2. The van der Waals surface area contributed by atoms with Crippen molar-refractivity contribution < 1.29 is 0 Å². The third kappa shape index (κ3) is 5.57. The minimum atomic E-state index is 0. The molecule has 1 aromatic heterocycles. The molecule has 0 aliphatic heterocycles. The molecule has 0 radical (unpaired) electrons. The van der Waals surface area contributed by atoms with Gasteiger partial charge in [0.15, 0.2) is 5.96 Å². The molecule has 0 aliphatic rings. The fourth-order valence-corrected chi connectivity index (χ4v) is 2.66. The van der Waals surface area contributed by atoms with Crippen LogP contribution in [0.5, 0.6) is 0 Å². The van der Waals surface area contributed by atoms with Gasteiger partial charge in [-0.15, -0.1) is 35.3 Å². The Hall–Kier alpha value is -1.15. The average molecular weight is 430 g/mol. The van der Waals surface area contributed by atoms with Crippen molar-refractivity contribution in [1.82, 2.24) is 4.98 Å². The molecule has 0 bridgehead atoms. The van der Waals surface area contributed by atoms with Crippen molar-refractivity contribution in [3.05, 3.63) is 45.9 Å². The first-order valence-electron chi connectivity index (χ1n) is 7.18. The molecule has 1 aromatic carbocycles. The Morgan fingerprint density at radius 2 is 2.00 bits per heavy atom. The zero-order valence-corrected chi connectivity index (χ0v) is 16.3. The summed E-state index contributed by atoms with van der Waals surface area (Å²) in [5.74, 6) is 0.874. The first kappa shape index (κ1) is 18.9. The van der Waals surface area contributed by atoms with Gasteiger partial charge < -0.3 is 11.1 Å². The van der Waals surface area contributed by atoms with E-state index in [1.54, 1.807) is 11.3 Å². The molecule has 0 saturated heterocycles. The summed E-state index contributed by atoms with van der Waals surface area (Å²) < 4.78 is 0. The van der Waals surface area contributed by atoms with Gasteiger partial charge in [-0.3, -0.25) is 0 Å². The number of nitrogens with two attached hydrogens (primary N) is 1. The van der Waals surface area contributed by atoms with Crippen molar-refractivity contribution in [3.8, 4) is 0 Å². The van der Waals surface area contributed by atoms with Crippen LogP contribution in [0.4, 0.5) is 5.69 Å². The number of halogens is 1. The van der Waals surface area contributed by atoms with Crippen LogP contribution >= 0.6 is 35.3 Å². The van der Waals surface area contributed by atoms with E-state index < -0.39 is 0 Å². The number of aromatic nitrogens is 1. The van der Waals surface area contributed by atoms with Crippen molar-refractivity contribution in [2.75, 3.05) is 5.32 Å². The zero-order chi connectivity index (χ0) is 15.2. The summed E-state index contributed by atoms with van der Waals surface area (Å²) in [6, 6.07) is 8.21. The Labute approximate surface area is 153 Å². The van der Waals surface area contributed by atoms with Gasteiger partial charge in [0.25, 0.3) is 0 Å². The van der Waals surface area contributed by atoms with Gasteiger partial charge >= 0.3 is 0 Å². The van der Waals surface area contributed by atoms with Gasteiger partial charge in [-0.05, 0) is 24.1 Å². The molecule has 120 valence electrons. The fourth-order valence-electron chi connectivity index (χ4n) is 1.84. The number of benzene rings is 1. The number of hydrogen-bond acceptors (Lipinski definition) is 3. The first-order valence-corrected chi connectivity index (χ1v) is 8.06. The summed E-state index contributed by atoms with van der Waals surface area (Å²) >= 11 is 1.68. The van der Waals surface area contributed by atoms with E-state index in [1.807, 2.05) is 17.5 Å². The lowest BCUT2D eigenvalue weighted by Crippen LogP contribution is -2.22. The minimum absolute atomic E-state index is 0. The van der Waals surface area contributed by atoms with E-state index in [4.69, 9.17) is 5.73 Å². The Morgan fingerprint density at radius 1 is 1.32 bits per heavy atom. The van der Waals surface area contributed by atoms with Crippen molar-refractivity contribution in [1.29, 1.82) is 0 Å². The van der Waals surface area contributed by atoms with Crippen LogP contribution in [0.2, 0.25) is 0 Å². The van der Waals surface area contributed by atoms with Gasteiger partial charge in [0.1, 0.15) is 0 Å². The van der Waals surface area contributed by atoms with Crippen LogP contribution in [-0.4, -0.2) is 10.9 Å². The van der Waals surface area contributed by atoms with Crippen LogP contribution in [0.3, 0.4) is 0 Å². The van der Waals surface area contributed by atoms with E-state index in [-0.39, 0.29) is 24.0 Å². The summed E-state index contributed by atoms with van der Waals surface area (Å²) in [7, 11) is 0. The van der Waals surface area contributed by atoms with E-state index in [2.05, 4.69) is 48.2 Å². The van der Waals surface area contributed by atoms with Crippen LogP contribution < -0.4 is 11.1 Å². The number of anilines is 1. The number of aliphatic imine (C=N–C) groups is 1. The molecule has 0 spiro atoms. The van der Waals surface area contributed by atoms with Crippen LogP contribution in [0.15, 0.2) is 34.6 Å². The average Bonchev–Trinajstić information content (AvgIpc) is 2.95. The Kier molecular flexibility index (Phi) is 7.81. The molecule has 0 unspecified atom stereocenters. The Balaban J connectivity index is 0.00000242. The molecule has 1 heterocycles. The standard InChI is InChI=1S/C16H22N4S.HI/c1-4-12-5-7-13(8-6-12)20-16(17)18-9-14-10-21-15(19-14)11(2)3;/h5-8,10-11H,4,9H2,1-3H3,(H3,17,18,20);1H. The van der Waals surface area contributed by atoms with Gasteiger partial charge in [-0.1, -0.05) is 32.9 Å². The zero-order valence-electron chi connectivity index (χ0n) is 13.2. The van der Waals surface area contributed by atoms with Crippen LogP contribution in [-0.2, 0) is 13.0 Å². The molecule has 0 fully saturated rings. The third-order valence-electron chi connectivity index (χ3n) is 3.11. The summed E-state index contributed by atoms with van der Waals surface area (Å²) in [4.78, 5) is 8.87. The molecule has 2 rings (SSSR count). The Morgan fingerprint density at radius 3 is 2.55 bits per heavy atom. The van der Waals surface area contributed by atoms with Crippen molar-refractivity contribution in [3.63, 3.8) is 0 Å². The lowest BCUT2D eigenvalue weighted by atomic mass is 10.1. The highest BCUT2D eigenvalue weighted by molar-refractivity contribution is 14.0. The summed E-state index contributed by atoms with van der Waals surface area (Å²) in [5.41, 5.74) is 9.13. The number of aryl methyl sites for hydroxylation is 1. The summed E-state index contributed by atoms with van der Waals surface area (Å²) in [6.07, 6.45) is 1.03. The lowest BCUT2D eigenvalue weighted by Gasteiger charge is -2.06. The predicted octanol–water partition coefficient (Wildman–Crippen LogP) is 4.37. The molecular weight excluding hydrogens is 407 g/mol. The van der Waals surface area contributed by atoms with Crippen molar-refractivity contribution in [2.24, 2.45) is 10.7 Å². The van der Waals surface area contributed by atoms with Crippen molar-refractivity contribution >= 4 is 47.0 Å². The fraction of sp³-hybridized carbons (Fsp3) is 0.375. The molecule has 0 amide bonds. The summed E-state index contributed by atoms with van der Waals surface area (Å²) in [6.45, 7) is 6.93. The van der Waals surface area contributed by atoms with Gasteiger partial charge in [0.2, 0.25) is 0 Å². The second-order valence-electron chi connectivity index (χ2n) is 5.21. The largest absolute Gasteiger partial charge is 0.370 e. The minimum Gasteiger partial charge on any atom is -0.370 e. The van der Waals surface area contributed by atoms with E-state index in [9.17, 15) is 0 Å². The van der Waals surface area contributed by atoms with Crippen molar-refractivity contribution in [2.45, 2.75) is 39.7 Å². The first-order chi connectivity index (χ1) is 10.1. The maximum Gasteiger partial charge on any atom is 0.193 e. The summed E-state index contributed by atoms with van der Waals surface area (Å²) in [5, 5.41) is 6.28. The highest BCUT2D eigenvalue weighted by atomic mass is 127. The topological polar surface area (TPSA) is 63.3 Å². The number of nitrogens with zero attached hydrogens (tertiary/aromatic N) is 2. The lowest BCUT2D eigenvalue weighted by molar-refractivity contribution is 0.837. The molecule has 3 N–H and O–H groups in total. The molecular formula is C16H23IN4S. The quantitative estimate of drug-likeness (QED) is 0.421. The molecule has 4 nitrogen and oxygen atoms in total. The predicted molar refractivity (Wildman–Crippen MR) is 106 cm³/mol. The number of rotatable bonds is 5. The maximum atomic E-state index is 5.91. The van der Waals surface area contributed by atoms with Gasteiger partial charge in [0, 0.05) is 17.0 Å². The molecule has 0 aliphatic carbocycles. The smallest absolute Gasteiger partial charge is 0.193 e. The molecule has 0 atom stereocenters. The molecule has 22 heavy (non-hydrogen) atoms. The van der Waals surface area contributed by atoms with E-state index in [0.717, 1.165) is 22.8 Å². The van der Waals surface area contributed by atoms with Gasteiger partial charge in [0.05, 0.1) is 17.2 Å². The SMILES string of the molecule is CCc1ccc(NC(N)=NCc2csc(C(C)C)n2)cc1.I. The number of guanidine groups is 1. The van der Waals surface area contributed by atoms with Crippen LogP contribution in [0.25, 0.3) is 0 Å². The number of nitrogens with one attached hydrogen (secondary N) is 1. The third-order valence-corrected chi connectivity index (χ3v) is 4.30. The highest BCUT2D eigenvalue weighted by Crippen LogP contribution is 2.19. The maximum absolute atomic E-state index is 5.91. The van der Waals surface area contributed by atoms with E-state index in [0.29, 0.717) is 18.4 Å². The van der Waals surface area contributed by atoms with Gasteiger partial charge in [-0.25, -0.2) is 9.98 Å². The van der Waals surface area contributed by atoms with Gasteiger partial charge in [-0.2, -0.15) is 0 Å². The number of thiazole rings is 1. The molecule has 2 aromatic rings. The molecule has 0 saturated carbocycles. The highest BCUT2D eigenvalue weighted by Gasteiger charge is 2.05.